The molecule has 1 amide bonds. The first-order valence-corrected chi connectivity index (χ1v) is 5.72. The summed E-state index contributed by atoms with van der Waals surface area (Å²) in [4.78, 5) is 10.8. The van der Waals surface area contributed by atoms with Crippen LogP contribution in [-0.2, 0) is 4.79 Å². The van der Waals surface area contributed by atoms with Crippen molar-refractivity contribution in [2.45, 2.75) is 11.8 Å². The Bertz CT molecular complexity index is 373. The molecule has 1 unspecified atom stereocenters. The van der Waals surface area contributed by atoms with Crippen LogP contribution >= 0.6 is 31.9 Å². The van der Waals surface area contributed by atoms with Gasteiger partial charge in [0.05, 0.1) is 10.5 Å². The van der Waals surface area contributed by atoms with Crippen LogP contribution in [0.3, 0.4) is 0 Å². The third-order valence-corrected chi connectivity index (χ3v) is 2.66. The summed E-state index contributed by atoms with van der Waals surface area (Å²) in [5.74, 6) is -1.92. The molecular formula is C9H7Br2F2NO. The highest BCUT2D eigenvalue weighted by atomic mass is 79.9. The van der Waals surface area contributed by atoms with E-state index in [1.165, 1.54) is 0 Å². The number of carbonyl (C=O) groups is 1. The summed E-state index contributed by atoms with van der Waals surface area (Å²) in [6.07, 6.45) is 0. The van der Waals surface area contributed by atoms with E-state index in [2.05, 4.69) is 37.2 Å². The second-order valence-electron chi connectivity index (χ2n) is 2.85. The molecule has 0 aliphatic rings. The Balaban J connectivity index is 3.00. The summed E-state index contributed by atoms with van der Waals surface area (Å²) in [5, 5.41) is 2.33. The molecule has 1 N–H and O–H groups in total. The largest absolute Gasteiger partial charge is 0.322 e. The molecule has 1 aromatic carbocycles. The Morgan fingerprint density at radius 1 is 1.47 bits per heavy atom. The predicted octanol–water partition coefficient (Wildman–Crippen LogP) is 3.45. The average Bonchev–Trinajstić information content (AvgIpc) is 2.10. The number of hydrogen-bond donors (Lipinski definition) is 1. The number of benzene rings is 1. The van der Waals surface area contributed by atoms with Crippen LogP contribution in [0.15, 0.2) is 16.6 Å². The molecular weight excluding hydrogens is 336 g/mol. The van der Waals surface area contributed by atoms with E-state index in [-0.39, 0.29) is 10.2 Å². The average molecular weight is 343 g/mol. The normalized spacial score (nSPS) is 12.3. The highest BCUT2D eigenvalue weighted by Gasteiger charge is 2.15. The molecule has 0 spiro atoms. The van der Waals surface area contributed by atoms with Crippen LogP contribution in [0.4, 0.5) is 14.5 Å². The van der Waals surface area contributed by atoms with Crippen molar-refractivity contribution in [1.29, 1.82) is 0 Å². The SMILES string of the molecule is CC(Br)C(=O)Nc1c(F)cc(F)cc1Br. The molecule has 0 bridgehead atoms. The third kappa shape index (κ3) is 3.24. The Morgan fingerprint density at radius 2 is 2.07 bits per heavy atom. The lowest BCUT2D eigenvalue weighted by molar-refractivity contribution is -0.115. The number of rotatable bonds is 2. The van der Waals surface area contributed by atoms with Crippen LogP contribution in [0.2, 0.25) is 0 Å². The molecule has 6 heteroatoms. The lowest BCUT2D eigenvalue weighted by atomic mass is 10.3. The molecule has 82 valence electrons. The minimum absolute atomic E-state index is 0.0623. The van der Waals surface area contributed by atoms with Gasteiger partial charge in [0.15, 0.2) is 5.82 Å². The van der Waals surface area contributed by atoms with E-state index < -0.39 is 22.4 Å². The smallest absolute Gasteiger partial charge is 0.237 e. The quantitative estimate of drug-likeness (QED) is 0.819. The van der Waals surface area contributed by atoms with Gasteiger partial charge in [0.2, 0.25) is 5.91 Å². The fourth-order valence-electron chi connectivity index (χ4n) is 0.884. The molecule has 1 rings (SSSR count). The first-order valence-electron chi connectivity index (χ1n) is 4.01. The van der Waals surface area contributed by atoms with E-state index in [1.807, 2.05) is 0 Å². The van der Waals surface area contributed by atoms with E-state index in [9.17, 15) is 13.6 Å². The van der Waals surface area contributed by atoms with Gasteiger partial charge in [-0.1, -0.05) is 15.9 Å². The van der Waals surface area contributed by atoms with Crippen molar-refractivity contribution < 1.29 is 13.6 Å². The van der Waals surface area contributed by atoms with Crippen molar-refractivity contribution in [1.82, 2.24) is 0 Å². The number of halogens is 4. The Morgan fingerprint density at radius 3 is 2.53 bits per heavy atom. The van der Waals surface area contributed by atoms with Crippen molar-refractivity contribution in [3.63, 3.8) is 0 Å². The predicted molar refractivity (Wildman–Crippen MR) is 61.1 cm³/mol. The minimum atomic E-state index is -0.816. The second kappa shape index (κ2) is 5.03. The van der Waals surface area contributed by atoms with Gasteiger partial charge in [-0.25, -0.2) is 8.78 Å². The lowest BCUT2D eigenvalue weighted by Crippen LogP contribution is -2.21. The number of carbonyl (C=O) groups excluding carboxylic acids is 1. The first kappa shape index (κ1) is 12.6. The van der Waals surface area contributed by atoms with Crippen LogP contribution in [0.5, 0.6) is 0 Å². The van der Waals surface area contributed by atoms with E-state index in [4.69, 9.17) is 0 Å². The summed E-state index contributed by atoms with van der Waals surface area (Å²) in [7, 11) is 0. The molecule has 15 heavy (non-hydrogen) atoms. The summed E-state index contributed by atoms with van der Waals surface area (Å²) in [6.45, 7) is 1.60. The number of alkyl halides is 1. The van der Waals surface area contributed by atoms with Gasteiger partial charge in [-0.3, -0.25) is 4.79 Å². The van der Waals surface area contributed by atoms with Crippen molar-refractivity contribution in [2.75, 3.05) is 5.32 Å². The van der Waals surface area contributed by atoms with Crippen LogP contribution < -0.4 is 5.32 Å². The molecule has 0 aliphatic carbocycles. The van der Waals surface area contributed by atoms with Gasteiger partial charge < -0.3 is 5.32 Å². The molecule has 0 aliphatic heterocycles. The van der Waals surface area contributed by atoms with Crippen molar-refractivity contribution in [2.24, 2.45) is 0 Å². The molecule has 0 radical (unpaired) electrons. The number of amides is 1. The van der Waals surface area contributed by atoms with Gasteiger partial charge in [-0.2, -0.15) is 0 Å². The monoisotopic (exact) mass is 341 g/mol. The molecule has 2 nitrogen and oxygen atoms in total. The zero-order valence-electron chi connectivity index (χ0n) is 7.65. The van der Waals surface area contributed by atoms with Crippen molar-refractivity contribution >= 4 is 43.5 Å². The summed E-state index contributed by atoms with van der Waals surface area (Å²) >= 11 is 6.00. The van der Waals surface area contributed by atoms with Crippen LogP contribution in [0, 0.1) is 11.6 Å². The zero-order valence-corrected chi connectivity index (χ0v) is 10.8. The third-order valence-electron chi connectivity index (χ3n) is 1.62. The van der Waals surface area contributed by atoms with Crippen LogP contribution in [0.25, 0.3) is 0 Å². The zero-order chi connectivity index (χ0) is 11.6. The molecule has 0 heterocycles. The van der Waals surface area contributed by atoms with Crippen LogP contribution in [0.1, 0.15) is 6.92 Å². The topological polar surface area (TPSA) is 29.1 Å². The van der Waals surface area contributed by atoms with Gasteiger partial charge >= 0.3 is 0 Å². The number of anilines is 1. The maximum atomic E-state index is 13.2. The molecule has 0 saturated heterocycles. The molecule has 0 aromatic heterocycles. The van der Waals surface area contributed by atoms with Crippen molar-refractivity contribution in [3.05, 3.63) is 28.2 Å². The fraction of sp³-hybridized carbons (Fsp3) is 0.222. The molecule has 1 atom stereocenters. The Hall–Kier alpha value is -0.490. The molecule has 0 saturated carbocycles. The summed E-state index contributed by atoms with van der Waals surface area (Å²) in [6, 6.07) is 1.79. The lowest BCUT2D eigenvalue weighted by Gasteiger charge is -2.09. The standard InChI is InChI=1S/C9H7Br2F2NO/c1-4(10)9(15)14-8-6(11)2-5(12)3-7(8)13/h2-4H,1H3,(H,14,15). The van der Waals surface area contributed by atoms with E-state index in [0.29, 0.717) is 6.07 Å². The van der Waals surface area contributed by atoms with Gasteiger partial charge in [-0.05, 0) is 28.9 Å². The maximum absolute atomic E-state index is 13.2. The summed E-state index contributed by atoms with van der Waals surface area (Å²) < 4.78 is 26.1. The van der Waals surface area contributed by atoms with Gasteiger partial charge in [0.1, 0.15) is 5.82 Å². The number of hydrogen-bond acceptors (Lipinski definition) is 1. The van der Waals surface area contributed by atoms with E-state index in [0.717, 1.165) is 6.07 Å². The van der Waals surface area contributed by atoms with Crippen LogP contribution in [-0.4, -0.2) is 10.7 Å². The summed E-state index contributed by atoms with van der Waals surface area (Å²) in [5.41, 5.74) is -0.0623. The highest BCUT2D eigenvalue weighted by Crippen LogP contribution is 2.27. The number of nitrogens with one attached hydrogen (secondary N) is 1. The van der Waals surface area contributed by atoms with E-state index in [1.54, 1.807) is 6.92 Å². The van der Waals surface area contributed by atoms with Gasteiger partial charge in [0, 0.05) is 10.5 Å². The fourth-order valence-corrected chi connectivity index (χ4v) is 1.51. The first-order chi connectivity index (χ1) is 6.91. The highest BCUT2D eigenvalue weighted by molar-refractivity contribution is 9.10. The van der Waals surface area contributed by atoms with E-state index >= 15 is 0 Å². The Kier molecular flexibility index (Phi) is 4.21. The second-order valence-corrected chi connectivity index (χ2v) is 5.08. The molecule has 1 aromatic rings. The maximum Gasteiger partial charge on any atom is 0.237 e. The van der Waals surface area contributed by atoms with Crippen molar-refractivity contribution in [3.8, 4) is 0 Å². The Labute approximate surface area is 102 Å². The molecule has 0 fully saturated rings. The van der Waals surface area contributed by atoms with Gasteiger partial charge in [-0.15, -0.1) is 0 Å². The minimum Gasteiger partial charge on any atom is -0.322 e. The van der Waals surface area contributed by atoms with Gasteiger partial charge in [0.25, 0.3) is 0 Å².